The van der Waals surface area contributed by atoms with Gasteiger partial charge in [0.2, 0.25) is 0 Å². The van der Waals surface area contributed by atoms with Crippen molar-refractivity contribution in [2.24, 2.45) is 0 Å². The van der Waals surface area contributed by atoms with Crippen LogP contribution in [0, 0.1) is 0 Å². The van der Waals surface area contributed by atoms with Gasteiger partial charge in [0, 0.05) is 5.69 Å². The molecule has 3 heteroatoms. The fraction of sp³-hybridized carbons (Fsp3) is 0.364. The quantitative estimate of drug-likeness (QED) is 0.747. The molecule has 2 N–H and O–H groups in total. The number of hydrogen-bond donors (Lipinski definition) is 1. The van der Waals surface area contributed by atoms with E-state index >= 15 is 0 Å². The highest BCUT2D eigenvalue weighted by Crippen LogP contribution is 2.20. The van der Waals surface area contributed by atoms with Gasteiger partial charge in [-0.2, -0.15) is 0 Å². The smallest absolute Gasteiger partial charge is 0.172 e. The van der Waals surface area contributed by atoms with Crippen molar-refractivity contribution < 1.29 is 9.53 Å². The van der Waals surface area contributed by atoms with Crippen LogP contribution in [-0.2, 0) is 4.79 Å². The van der Waals surface area contributed by atoms with Gasteiger partial charge in [-0.15, -0.1) is 0 Å². The second-order valence-corrected chi connectivity index (χ2v) is 3.74. The second kappa shape index (κ2) is 3.70. The number of hydrogen-bond acceptors (Lipinski definition) is 3. The molecule has 1 aromatic rings. The molecule has 0 aliphatic carbocycles. The van der Waals surface area contributed by atoms with Crippen LogP contribution in [0.25, 0.3) is 0 Å². The number of benzene rings is 1. The van der Waals surface area contributed by atoms with Crippen LogP contribution in [0.15, 0.2) is 24.3 Å². The molecule has 3 nitrogen and oxygen atoms in total. The first kappa shape index (κ1) is 10.6. The van der Waals surface area contributed by atoms with Gasteiger partial charge in [-0.05, 0) is 45.0 Å². The predicted molar refractivity (Wildman–Crippen MR) is 56.2 cm³/mol. The fourth-order valence-corrected chi connectivity index (χ4v) is 0.902. The Hall–Kier alpha value is -1.51. The number of Topliss-reactive ketones (excluding diaryl/α,β-unsaturated/α-hetero) is 1. The monoisotopic (exact) mass is 193 g/mol. The van der Waals surface area contributed by atoms with E-state index in [1.807, 2.05) is 0 Å². The van der Waals surface area contributed by atoms with E-state index in [2.05, 4.69) is 0 Å². The maximum absolute atomic E-state index is 11.2. The van der Waals surface area contributed by atoms with Crippen molar-refractivity contribution in [2.45, 2.75) is 26.4 Å². The van der Waals surface area contributed by atoms with Gasteiger partial charge >= 0.3 is 0 Å². The summed E-state index contributed by atoms with van der Waals surface area (Å²) in [6.45, 7) is 4.99. The van der Waals surface area contributed by atoms with Gasteiger partial charge in [0.25, 0.3) is 0 Å². The van der Waals surface area contributed by atoms with Gasteiger partial charge < -0.3 is 10.5 Å². The second-order valence-electron chi connectivity index (χ2n) is 3.74. The predicted octanol–water partition coefficient (Wildman–Crippen LogP) is 2.02. The summed E-state index contributed by atoms with van der Waals surface area (Å²) < 4.78 is 5.51. The van der Waals surface area contributed by atoms with E-state index in [0.717, 1.165) is 0 Å². The van der Waals surface area contributed by atoms with Crippen molar-refractivity contribution in [3.63, 3.8) is 0 Å². The van der Waals surface area contributed by atoms with Crippen molar-refractivity contribution in [3.05, 3.63) is 24.3 Å². The third kappa shape index (κ3) is 2.49. The minimum absolute atomic E-state index is 0.00525. The van der Waals surface area contributed by atoms with E-state index in [4.69, 9.17) is 10.5 Å². The summed E-state index contributed by atoms with van der Waals surface area (Å²) in [6.07, 6.45) is 0. The summed E-state index contributed by atoms with van der Waals surface area (Å²) in [5.74, 6) is 0.647. The Bertz CT molecular complexity index is 328. The summed E-state index contributed by atoms with van der Waals surface area (Å²) in [6, 6.07) is 6.98. The number of nitrogen functional groups attached to an aromatic ring is 1. The van der Waals surface area contributed by atoms with Crippen LogP contribution < -0.4 is 10.5 Å². The van der Waals surface area contributed by atoms with Gasteiger partial charge in [0.05, 0.1) is 0 Å². The lowest BCUT2D eigenvalue weighted by atomic mass is 10.1. The molecule has 0 amide bonds. The topological polar surface area (TPSA) is 52.3 Å². The van der Waals surface area contributed by atoms with Crippen LogP contribution in [-0.4, -0.2) is 11.4 Å². The molecule has 1 aromatic carbocycles. The Morgan fingerprint density at radius 2 is 1.79 bits per heavy atom. The van der Waals surface area contributed by atoms with E-state index in [9.17, 15) is 4.79 Å². The number of nitrogens with two attached hydrogens (primary N) is 1. The number of rotatable bonds is 3. The van der Waals surface area contributed by atoms with Crippen LogP contribution in [0.3, 0.4) is 0 Å². The Morgan fingerprint density at radius 1 is 1.29 bits per heavy atom. The largest absolute Gasteiger partial charge is 0.480 e. The standard InChI is InChI=1S/C11H15NO2/c1-8(13)11(2,3)14-10-6-4-9(12)5-7-10/h4-7H,12H2,1-3H3. The molecular formula is C11H15NO2. The zero-order valence-electron chi connectivity index (χ0n) is 8.70. The van der Waals surface area contributed by atoms with Gasteiger partial charge in [-0.25, -0.2) is 0 Å². The van der Waals surface area contributed by atoms with Crippen LogP contribution in [0.5, 0.6) is 5.75 Å². The lowest BCUT2D eigenvalue weighted by Crippen LogP contribution is -2.36. The molecule has 0 saturated carbocycles. The molecule has 0 atom stereocenters. The number of carbonyl (C=O) groups is 1. The minimum Gasteiger partial charge on any atom is -0.480 e. The molecule has 76 valence electrons. The zero-order chi connectivity index (χ0) is 10.8. The molecule has 0 radical (unpaired) electrons. The normalized spacial score (nSPS) is 11.1. The first-order valence-corrected chi connectivity index (χ1v) is 4.47. The van der Waals surface area contributed by atoms with E-state index in [0.29, 0.717) is 11.4 Å². The van der Waals surface area contributed by atoms with E-state index in [1.54, 1.807) is 38.1 Å². The highest BCUT2D eigenvalue weighted by atomic mass is 16.5. The Morgan fingerprint density at radius 3 is 2.21 bits per heavy atom. The van der Waals surface area contributed by atoms with Crippen molar-refractivity contribution in [2.75, 3.05) is 5.73 Å². The van der Waals surface area contributed by atoms with E-state index < -0.39 is 5.60 Å². The van der Waals surface area contributed by atoms with Crippen molar-refractivity contribution in [3.8, 4) is 5.75 Å². The Labute approximate surface area is 83.9 Å². The molecule has 1 rings (SSSR count). The Balaban J connectivity index is 2.79. The molecule has 0 unspecified atom stereocenters. The van der Waals surface area contributed by atoms with Gasteiger partial charge in [0.15, 0.2) is 11.4 Å². The zero-order valence-corrected chi connectivity index (χ0v) is 8.70. The van der Waals surface area contributed by atoms with Crippen molar-refractivity contribution in [1.29, 1.82) is 0 Å². The average Bonchev–Trinajstić information content (AvgIpc) is 2.08. The molecule has 0 aromatic heterocycles. The highest BCUT2D eigenvalue weighted by molar-refractivity contribution is 5.84. The first-order valence-electron chi connectivity index (χ1n) is 4.47. The van der Waals surface area contributed by atoms with Gasteiger partial charge in [0.1, 0.15) is 5.75 Å². The minimum atomic E-state index is -0.782. The van der Waals surface area contributed by atoms with Gasteiger partial charge in [-0.3, -0.25) is 4.79 Å². The molecule has 0 aliphatic heterocycles. The Kier molecular flexibility index (Phi) is 2.79. The lowest BCUT2D eigenvalue weighted by molar-refractivity contribution is -0.129. The molecule has 0 aliphatic rings. The fourth-order valence-electron chi connectivity index (χ4n) is 0.902. The lowest BCUT2D eigenvalue weighted by Gasteiger charge is -2.23. The molecule has 0 bridgehead atoms. The SMILES string of the molecule is CC(=O)C(C)(C)Oc1ccc(N)cc1. The van der Waals surface area contributed by atoms with Crippen LogP contribution in [0.4, 0.5) is 5.69 Å². The summed E-state index contributed by atoms with van der Waals surface area (Å²) >= 11 is 0. The average molecular weight is 193 g/mol. The number of anilines is 1. The summed E-state index contributed by atoms with van der Waals surface area (Å²) in [5.41, 5.74) is 5.42. The maximum Gasteiger partial charge on any atom is 0.172 e. The third-order valence-corrected chi connectivity index (χ3v) is 2.10. The van der Waals surface area contributed by atoms with E-state index in [1.165, 1.54) is 6.92 Å². The first-order chi connectivity index (χ1) is 6.42. The highest BCUT2D eigenvalue weighted by Gasteiger charge is 2.25. The van der Waals surface area contributed by atoms with Crippen LogP contribution >= 0.6 is 0 Å². The van der Waals surface area contributed by atoms with Crippen LogP contribution in [0.1, 0.15) is 20.8 Å². The third-order valence-electron chi connectivity index (χ3n) is 2.10. The number of ether oxygens (including phenoxy) is 1. The summed E-state index contributed by atoms with van der Waals surface area (Å²) in [5, 5.41) is 0. The maximum atomic E-state index is 11.2. The number of carbonyl (C=O) groups excluding carboxylic acids is 1. The molecular weight excluding hydrogens is 178 g/mol. The molecule has 0 fully saturated rings. The van der Waals surface area contributed by atoms with Crippen LogP contribution in [0.2, 0.25) is 0 Å². The molecule has 0 spiro atoms. The van der Waals surface area contributed by atoms with Crippen molar-refractivity contribution >= 4 is 11.5 Å². The molecule has 0 saturated heterocycles. The van der Waals surface area contributed by atoms with Crippen molar-refractivity contribution in [1.82, 2.24) is 0 Å². The molecule has 0 heterocycles. The number of ketones is 1. The van der Waals surface area contributed by atoms with E-state index in [-0.39, 0.29) is 5.78 Å². The summed E-state index contributed by atoms with van der Waals surface area (Å²) in [4.78, 5) is 11.2. The molecule has 14 heavy (non-hydrogen) atoms. The van der Waals surface area contributed by atoms with Gasteiger partial charge in [-0.1, -0.05) is 0 Å². The summed E-state index contributed by atoms with van der Waals surface area (Å²) in [7, 11) is 0.